The van der Waals surface area contributed by atoms with Gasteiger partial charge < -0.3 is 10.6 Å². The van der Waals surface area contributed by atoms with E-state index in [4.69, 9.17) is 0 Å². The summed E-state index contributed by atoms with van der Waals surface area (Å²) in [7, 11) is 0. The summed E-state index contributed by atoms with van der Waals surface area (Å²) in [4.78, 5) is 23.7. The third-order valence-corrected chi connectivity index (χ3v) is 3.41. The maximum absolute atomic E-state index is 11.8. The Morgan fingerprint density at radius 2 is 1.35 bits per heavy atom. The van der Waals surface area contributed by atoms with Crippen molar-refractivity contribution in [3.8, 4) is 0 Å². The predicted octanol–water partition coefficient (Wildman–Crippen LogP) is 3.33. The molecule has 2 N–H and O–H groups in total. The SMILES string of the molecule is Cc1ccccc1NC(=O)C(=O)Nc1ccccc1Br. The number of aryl methyl sites for hydroxylation is 1. The number of amides is 2. The minimum absolute atomic E-state index is 0.553. The second-order valence-electron chi connectivity index (χ2n) is 4.20. The number of carbonyl (C=O) groups excluding carboxylic acids is 2. The van der Waals surface area contributed by atoms with Crippen molar-refractivity contribution in [1.29, 1.82) is 0 Å². The molecule has 0 aromatic heterocycles. The molecule has 0 unspecified atom stereocenters. The first-order valence-corrected chi connectivity index (χ1v) is 6.79. The highest BCUT2D eigenvalue weighted by Gasteiger charge is 2.15. The quantitative estimate of drug-likeness (QED) is 0.828. The van der Waals surface area contributed by atoms with Crippen molar-refractivity contribution in [2.24, 2.45) is 0 Å². The van der Waals surface area contributed by atoms with E-state index < -0.39 is 11.8 Å². The Labute approximate surface area is 125 Å². The normalized spacial score (nSPS) is 9.90. The van der Waals surface area contributed by atoms with Crippen LogP contribution in [0.15, 0.2) is 53.0 Å². The minimum atomic E-state index is -0.708. The summed E-state index contributed by atoms with van der Waals surface area (Å²) in [6.45, 7) is 1.86. The summed E-state index contributed by atoms with van der Waals surface area (Å²) in [5.74, 6) is -1.41. The molecule has 20 heavy (non-hydrogen) atoms. The Morgan fingerprint density at radius 3 is 1.95 bits per heavy atom. The lowest BCUT2D eigenvalue weighted by Gasteiger charge is -2.09. The van der Waals surface area contributed by atoms with Gasteiger partial charge in [0.25, 0.3) is 0 Å². The van der Waals surface area contributed by atoms with Crippen LogP contribution in [0.1, 0.15) is 5.56 Å². The Kier molecular flexibility index (Phi) is 4.53. The van der Waals surface area contributed by atoms with Crippen LogP contribution in [0.3, 0.4) is 0 Å². The molecule has 0 aliphatic carbocycles. The van der Waals surface area contributed by atoms with E-state index in [-0.39, 0.29) is 0 Å². The van der Waals surface area contributed by atoms with Crippen LogP contribution in [0.4, 0.5) is 11.4 Å². The molecule has 0 fully saturated rings. The first-order chi connectivity index (χ1) is 9.58. The van der Waals surface area contributed by atoms with Gasteiger partial charge in [-0.25, -0.2) is 0 Å². The number of carbonyl (C=O) groups is 2. The van der Waals surface area contributed by atoms with E-state index in [1.165, 1.54) is 0 Å². The summed E-state index contributed by atoms with van der Waals surface area (Å²) < 4.78 is 0.719. The largest absolute Gasteiger partial charge is 0.318 e. The van der Waals surface area contributed by atoms with Crippen molar-refractivity contribution in [3.05, 3.63) is 58.6 Å². The molecular formula is C15H13BrN2O2. The fourth-order valence-corrected chi connectivity index (χ4v) is 2.02. The zero-order valence-corrected chi connectivity index (χ0v) is 12.4. The monoisotopic (exact) mass is 332 g/mol. The zero-order chi connectivity index (χ0) is 14.5. The highest BCUT2D eigenvalue weighted by molar-refractivity contribution is 9.10. The van der Waals surface area contributed by atoms with Crippen LogP contribution >= 0.6 is 15.9 Å². The molecule has 0 spiro atoms. The Morgan fingerprint density at radius 1 is 0.850 bits per heavy atom. The number of nitrogens with one attached hydrogen (secondary N) is 2. The van der Waals surface area contributed by atoms with Gasteiger partial charge >= 0.3 is 11.8 Å². The van der Waals surface area contributed by atoms with E-state index in [9.17, 15) is 9.59 Å². The predicted molar refractivity (Wildman–Crippen MR) is 82.6 cm³/mol. The number of para-hydroxylation sites is 2. The van der Waals surface area contributed by atoms with Crippen LogP contribution in [0.5, 0.6) is 0 Å². The molecule has 0 atom stereocenters. The second-order valence-corrected chi connectivity index (χ2v) is 5.06. The van der Waals surface area contributed by atoms with Gasteiger partial charge in [0.15, 0.2) is 0 Å². The molecule has 0 saturated carbocycles. The standard InChI is InChI=1S/C15H13BrN2O2/c1-10-6-2-4-8-12(10)17-14(19)15(20)18-13-9-5-3-7-11(13)16/h2-9H,1H3,(H,17,19)(H,18,20). The van der Waals surface area contributed by atoms with Crippen molar-refractivity contribution >= 4 is 39.1 Å². The van der Waals surface area contributed by atoms with Crippen LogP contribution in [0.25, 0.3) is 0 Å². The average Bonchev–Trinajstić information content (AvgIpc) is 2.43. The maximum atomic E-state index is 11.8. The van der Waals surface area contributed by atoms with Gasteiger partial charge in [-0.05, 0) is 46.6 Å². The van der Waals surface area contributed by atoms with Gasteiger partial charge in [0.2, 0.25) is 0 Å². The van der Waals surface area contributed by atoms with Crippen molar-refractivity contribution in [1.82, 2.24) is 0 Å². The van der Waals surface area contributed by atoms with E-state index in [0.29, 0.717) is 11.4 Å². The molecule has 0 heterocycles. The zero-order valence-electron chi connectivity index (χ0n) is 10.8. The van der Waals surface area contributed by atoms with Crippen molar-refractivity contribution in [2.45, 2.75) is 6.92 Å². The van der Waals surface area contributed by atoms with Crippen molar-refractivity contribution in [2.75, 3.05) is 10.6 Å². The molecule has 2 aromatic rings. The number of anilines is 2. The van der Waals surface area contributed by atoms with Gasteiger partial charge in [-0.3, -0.25) is 9.59 Å². The number of benzene rings is 2. The Bertz CT molecular complexity index is 598. The Hall–Kier alpha value is -2.14. The third kappa shape index (κ3) is 3.45. The number of hydrogen-bond donors (Lipinski definition) is 2. The molecule has 4 nitrogen and oxygen atoms in total. The van der Waals surface area contributed by atoms with E-state index >= 15 is 0 Å². The third-order valence-electron chi connectivity index (χ3n) is 2.72. The van der Waals surface area contributed by atoms with Crippen molar-refractivity contribution < 1.29 is 9.59 Å². The molecule has 102 valence electrons. The fourth-order valence-electron chi connectivity index (χ4n) is 1.63. The lowest BCUT2D eigenvalue weighted by molar-refractivity contribution is -0.133. The van der Waals surface area contributed by atoms with E-state index in [1.807, 2.05) is 25.1 Å². The van der Waals surface area contributed by atoms with Gasteiger partial charge in [0.05, 0.1) is 5.69 Å². The summed E-state index contributed by atoms with van der Waals surface area (Å²) >= 11 is 3.31. The summed E-state index contributed by atoms with van der Waals surface area (Å²) in [5, 5.41) is 5.14. The minimum Gasteiger partial charge on any atom is -0.318 e. The van der Waals surface area contributed by atoms with Crippen LogP contribution in [-0.2, 0) is 9.59 Å². The molecule has 0 bridgehead atoms. The molecule has 2 amide bonds. The smallest absolute Gasteiger partial charge is 0.314 e. The fraction of sp³-hybridized carbons (Fsp3) is 0.0667. The molecule has 2 aromatic carbocycles. The molecular weight excluding hydrogens is 320 g/mol. The summed E-state index contributed by atoms with van der Waals surface area (Å²) in [5.41, 5.74) is 2.08. The highest BCUT2D eigenvalue weighted by atomic mass is 79.9. The second kappa shape index (κ2) is 6.34. The van der Waals surface area contributed by atoms with Crippen LogP contribution in [0, 0.1) is 6.92 Å². The van der Waals surface area contributed by atoms with Gasteiger partial charge in [0, 0.05) is 10.2 Å². The van der Waals surface area contributed by atoms with Crippen molar-refractivity contribution in [3.63, 3.8) is 0 Å². The molecule has 0 radical (unpaired) electrons. The van der Waals surface area contributed by atoms with Crippen LogP contribution < -0.4 is 10.6 Å². The van der Waals surface area contributed by atoms with E-state index in [2.05, 4.69) is 26.6 Å². The summed E-state index contributed by atoms with van der Waals surface area (Å²) in [6.07, 6.45) is 0. The molecule has 0 aliphatic heterocycles. The molecule has 2 rings (SSSR count). The van der Waals surface area contributed by atoms with Gasteiger partial charge in [0.1, 0.15) is 0 Å². The lowest BCUT2D eigenvalue weighted by atomic mass is 10.2. The average molecular weight is 333 g/mol. The first-order valence-electron chi connectivity index (χ1n) is 6.00. The van der Waals surface area contributed by atoms with E-state index in [0.717, 1.165) is 10.0 Å². The first kappa shape index (κ1) is 14.3. The number of halogens is 1. The van der Waals surface area contributed by atoms with Crippen LogP contribution in [0.2, 0.25) is 0 Å². The Balaban J connectivity index is 2.05. The number of hydrogen-bond acceptors (Lipinski definition) is 2. The molecule has 5 heteroatoms. The molecule has 0 aliphatic rings. The summed E-state index contributed by atoms with van der Waals surface area (Å²) in [6, 6.07) is 14.4. The molecule has 0 saturated heterocycles. The van der Waals surface area contributed by atoms with Gasteiger partial charge in [-0.15, -0.1) is 0 Å². The number of rotatable bonds is 2. The topological polar surface area (TPSA) is 58.2 Å². The highest BCUT2D eigenvalue weighted by Crippen LogP contribution is 2.21. The lowest BCUT2D eigenvalue weighted by Crippen LogP contribution is -2.29. The van der Waals surface area contributed by atoms with Crippen LogP contribution in [-0.4, -0.2) is 11.8 Å². The maximum Gasteiger partial charge on any atom is 0.314 e. The van der Waals surface area contributed by atoms with Gasteiger partial charge in [-0.1, -0.05) is 30.3 Å². The van der Waals surface area contributed by atoms with E-state index in [1.54, 1.807) is 30.3 Å². The van der Waals surface area contributed by atoms with Gasteiger partial charge in [-0.2, -0.15) is 0 Å².